The molecule has 1 atom stereocenters. The smallest absolute Gasteiger partial charge is 0.0950 e. The van der Waals surface area contributed by atoms with Crippen molar-refractivity contribution < 1.29 is 4.74 Å². The van der Waals surface area contributed by atoms with Crippen LogP contribution in [-0.2, 0) is 11.3 Å². The number of ether oxygens (including phenoxy) is 1. The standard InChI is InChI=1S/C10H8BrNO/c11-9-2-1-7-5-13-6-8(4-12)10(7)3-9/h1-3,8H,5-6H2. The summed E-state index contributed by atoms with van der Waals surface area (Å²) in [7, 11) is 0. The summed E-state index contributed by atoms with van der Waals surface area (Å²) in [6.45, 7) is 1.14. The second kappa shape index (κ2) is 3.49. The largest absolute Gasteiger partial charge is 0.375 e. The molecule has 1 aromatic carbocycles. The fraction of sp³-hybridized carbons (Fsp3) is 0.300. The Labute approximate surface area is 85.3 Å². The summed E-state index contributed by atoms with van der Waals surface area (Å²) in [6.07, 6.45) is 0. The van der Waals surface area contributed by atoms with Crippen LogP contribution in [0.25, 0.3) is 0 Å². The molecule has 1 aliphatic rings. The van der Waals surface area contributed by atoms with Gasteiger partial charge in [0.05, 0.1) is 25.2 Å². The van der Waals surface area contributed by atoms with E-state index in [1.165, 1.54) is 0 Å². The lowest BCUT2D eigenvalue weighted by atomic mass is 9.94. The van der Waals surface area contributed by atoms with Crippen molar-refractivity contribution in [1.82, 2.24) is 0 Å². The second-order valence-electron chi connectivity index (χ2n) is 3.04. The molecule has 0 radical (unpaired) electrons. The molecular formula is C10H8BrNO. The van der Waals surface area contributed by atoms with Gasteiger partial charge < -0.3 is 4.74 Å². The van der Waals surface area contributed by atoms with E-state index in [0.29, 0.717) is 13.2 Å². The first kappa shape index (κ1) is 8.74. The van der Waals surface area contributed by atoms with Gasteiger partial charge in [0.2, 0.25) is 0 Å². The van der Waals surface area contributed by atoms with Gasteiger partial charge in [-0.25, -0.2) is 0 Å². The zero-order valence-electron chi connectivity index (χ0n) is 6.96. The summed E-state index contributed by atoms with van der Waals surface area (Å²) < 4.78 is 6.32. The van der Waals surface area contributed by atoms with Crippen molar-refractivity contribution in [3.8, 4) is 6.07 Å². The van der Waals surface area contributed by atoms with E-state index in [1.807, 2.05) is 18.2 Å². The maximum Gasteiger partial charge on any atom is 0.0950 e. The Kier molecular flexibility index (Phi) is 2.34. The Morgan fingerprint density at radius 2 is 2.38 bits per heavy atom. The highest BCUT2D eigenvalue weighted by molar-refractivity contribution is 9.10. The van der Waals surface area contributed by atoms with Crippen molar-refractivity contribution >= 4 is 15.9 Å². The van der Waals surface area contributed by atoms with Gasteiger partial charge in [-0.2, -0.15) is 5.26 Å². The third-order valence-corrected chi connectivity index (χ3v) is 2.67. The summed E-state index contributed by atoms with van der Waals surface area (Å²) in [5.41, 5.74) is 2.23. The highest BCUT2D eigenvalue weighted by Gasteiger charge is 2.20. The van der Waals surface area contributed by atoms with E-state index in [4.69, 9.17) is 10.00 Å². The Balaban J connectivity index is 2.49. The van der Waals surface area contributed by atoms with E-state index >= 15 is 0 Å². The summed E-state index contributed by atoms with van der Waals surface area (Å²) in [6, 6.07) is 8.22. The van der Waals surface area contributed by atoms with E-state index in [1.54, 1.807) is 0 Å². The zero-order valence-corrected chi connectivity index (χ0v) is 8.54. The molecule has 1 aliphatic heterocycles. The van der Waals surface area contributed by atoms with E-state index < -0.39 is 0 Å². The highest BCUT2D eigenvalue weighted by Crippen LogP contribution is 2.28. The molecule has 0 aromatic heterocycles. The maximum atomic E-state index is 8.88. The predicted octanol–water partition coefficient (Wildman–Crippen LogP) is 2.59. The van der Waals surface area contributed by atoms with Gasteiger partial charge in [-0.05, 0) is 23.3 Å². The number of halogens is 1. The average Bonchev–Trinajstić information content (AvgIpc) is 2.17. The second-order valence-corrected chi connectivity index (χ2v) is 3.96. The van der Waals surface area contributed by atoms with Crippen LogP contribution in [0.15, 0.2) is 22.7 Å². The molecule has 0 saturated carbocycles. The van der Waals surface area contributed by atoms with Gasteiger partial charge in [-0.1, -0.05) is 22.0 Å². The molecule has 0 aliphatic carbocycles. The Morgan fingerprint density at radius 3 is 3.15 bits per heavy atom. The fourth-order valence-electron chi connectivity index (χ4n) is 1.50. The number of hydrogen-bond acceptors (Lipinski definition) is 2. The average molecular weight is 238 g/mol. The molecule has 1 unspecified atom stereocenters. The molecule has 0 fully saturated rings. The summed E-state index contributed by atoms with van der Waals surface area (Å²) in [5, 5.41) is 8.88. The quantitative estimate of drug-likeness (QED) is 0.695. The van der Waals surface area contributed by atoms with Gasteiger partial charge in [-0.15, -0.1) is 0 Å². The summed E-state index contributed by atoms with van der Waals surface area (Å²) in [5.74, 6) is -0.110. The lowest BCUT2D eigenvalue weighted by molar-refractivity contribution is 0.102. The van der Waals surface area contributed by atoms with Crippen LogP contribution >= 0.6 is 15.9 Å². The number of rotatable bonds is 0. The van der Waals surface area contributed by atoms with Crippen molar-refractivity contribution in [3.63, 3.8) is 0 Å². The number of fused-ring (bicyclic) bond motifs is 1. The molecule has 3 heteroatoms. The van der Waals surface area contributed by atoms with Crippen LogP contribution in [0.4, 0.5) is 0 Å². The molecule has 1 heterocycles. The van der Waals surface area contributed by atoms with Crippen LogP contribution in [0, 0.1) is 11.3 Å². The van der Waals surface area contributed by atoms with Crippen LogP contribution in [-0.4, -0.2) is 6.61 Å². The number of nitriles is 1. The third kappa shape index (κ3) is 1.60. The number of benzene rings is 1. The molecule has 1 aromatic rings. The monoisotopic (exact) mass is 237 g/mol. The minimum atomic E-state index is -0.110. The number of nitrogens with zero attached hydrogens (tertiary/aromatic N) is 1. The maximum absolute atomic E-state index is 8.88. The molecule has 0 amide bonds. The molecule has 2 nitrogen and oxygen atoms in total. The van der Waals surface area contributed by atoms with E-state index in [0.717, 1.165) is 15.6 Å². The van der Waals surface area contributed by atoms with Crippen molar-refractivity contribution in [2.24, 2.45) is 0 Å². The molecule has 0 spiro atoms. The molecule has 2 rings (SSSR count). The first-order valence-corrected chi connectivity index (χ1v) is 4.86. The first-order valence-electron chi connectivity index (χ1n) is 4.07. The molecule has 0 saturated heterocycles. The van der Waals surface area contributed by atoms with Crippen LogP contribution in [0.3, 0.4) is 0 Å². The minimum absolute atomic E-state index is 0.110. The summed E-state index contributed by atoms with van der Waals surface area (Å²) in [4.78, 5) is 0. The van der Waals surface area contributed by atoms with Gasteiger partial charge in [0.1, 0.15) is 0 Å². The van der Waals surface area contributed by atoms with Gasteiger partial charge in [0.15, 0.2) is 0 Å². The van der Waals surface area contributed by atoms with E-state index in [2.05, 4.69) is 22.0 Å². The number of hydrogen-bond donors (Lipinski definition) is 0. The molecule has 13 heavy (non-hydrogen) atoms. The van der Waals surface area contributed by atoms with Gasteiger partial charge in [0, 0.05) is 4.47 Å². The SMILES string of the molecule is N#CC1COCc2ccc(Br)cc21. The van der Waals surface area contributed by atoms with Crippen LogP contribution < -0.4 is 0 Å². The molecular weight excluding hydrogens is 230 g/mol. The molecule has 0 bridgehead atoms. The normalized spacial score (nSPS) is 20.5. The van der Waals surface area contributed by atoms with Gasteiger partial charge >= 0.3 is 0 Å². The third-order valence-electron chi connectivity index (χ3n) is 2.18. The minimum Gasteiger partial charge on any atom is -0.375 e. The lowest BCUT2D eigenvalue weighted by Crippen LogP contribution is -2.15. The zero-order chi connectivity index (χ0) is 9.26. The Bertz CT molecular complexity index is 370. The molecule has 0 N–H and O–H groups in total. The first-order chi connectivity index (χ1) is 6.31. The molecule has 66 valence electrons. The van der Waals surface area contributed by atoms with Crippen LogP contribution in [0.5, 0.6) is 0 Å². The lowest BCUT2D eigenvalue weighted by Gasteiger charge is -2.20. The van der Waals surface area contributed by atoms with Crippen LogP contribution in [0.2, 0.25) is 0 Å². The van der Waals surface area contributed by atoms with Gasteiger partial charge in [0.25, 0.3) is 0 Å². The topological polar surface area (TPSA) is 33.0 Å². The highest BCUT2D eigenvalue weighted by atomic mass is 79.9. The van der Waals surface area contributed by atoms with Crippen molar-refractivity contribution in [3.05, 3.63) is 33.8 Å². The van der Waals surface area contributed by atoms with Crippen molar-refractivity contribution in [1.29, 1.82) is 5.26 Å². The fourth-order valence-corrected chi connectivity index (χ4v) is 1.88. The Morgan fingerprint density at radius 1 is 1.54 bits per heavy atom. The van der Waals surface area contributed by atoms with E-state index in [9.17, 15) is 0 Å². The van der Waals surface area contributed by atoms with Crippen LogP contribution in [0.1, 0.15) is 17.0 Å². The van der Waals surface area contributed by atoms with E-state index in [-0.39, 0.29) is 5.92 Å². The Hall–Kier alpha value is -0.850. The van der Waals surface area contributed by atoms with Crippen molar-refractivity contribution in [2.45, 2.75) is 12.5 Å². The van der Waals surface area contributed by atoms with Crippen molar-refractivity contribution in [2.75, 3.05) is 6.61 Å². The summed E-state index contributed by atoms with van der Waals surface area (Å²) >= 11 is 3.40. The van der Waals surface area contributed by atoms with Gasteiger partial charge in [-0.3, -0.25) is 0 Å². The predicted molar refractivity (Wildman–Crippen MR) is 52.2 cm³/mol.